The van der Waals surface area contributed by atoms with Crippen molar-refractivity contribution in [1.29, 1.82) is 0 Å². The van der Waals surface area contributed by atoms with E-state index in [1.807, 2.05) is 20.2 Å². The van der Waals surface area contributed by atoms with Gasteiger partial charge in [0, 0.05) is 6.20 Å². The van der Waals surface area contributed by atoms with Crippen LogP contribution in [0.5, 0.6) is 5.75 Å². The molecule has 1 heterocycles. The number of hydrogen-bond acceptors (Lipinski definition) is 3. The van der Waals surface area contributed by atoms with Crippen molar-refractivity contribution in [2.75, 3.05) is 13.7 Å². The van der Waals surface area contributed by atoms with Gasteiger partial charge < -0.3 is 10.1 Å². The summed E-state index contributed by atoms with van der Waals surface area (Å²) in [5.74, 6) is 0.830. The predicted octanol–water partition coefficient (Wildman–Crippen LogP) is 3.28. The Balaban J connectivity index is 1.92. The lowest BCUT2D eigenvalue weighted by Crippen LogP contribution is -2.18. The molecule has 0 radical (unpaired) electrons. The van der Waals surface area contributed by atoms with E-state index in [1.165, 1.54) is 36.0 Å². The zero-order valence-electron chi connectivity index (χ0n) is 12.7. The minimum atomic E-state index is 0.156. The Hall–Kier alpha value is -1.87. The average molecular weight is 282 g/mol. The molecule has 0 amide bonds. The molecule has 0 fully saturated rings. The van der Waals surface area contributed by atoms with Crippen molar-refractivity contribution in [3.63, 3.8) is 0 Å². The van der Waals surface area contributed by atoms with Crippen LogP contribution in [0.4, 0.5) is 0 Å². The van der Waals surface area contributed by atoms with Gasteiger partial charge in [-0.2, -0.15) is 0 Å². The molecule has 0 bridgehead atoms. The normalized spacial score (nSPS) is 14.8. The molecule has 1 N–H and O–H groups in total. The Labute approximate surface area is 126 Å². The maximum absolute atomic E-state index is 5.56. The van der Waals surface area contributed by atoms with Crippen molar-refractivity contribution in [1.82, 2.24) is 10.3 Å². The molecular formula is C18H22N2O. The Kier molecular flexibility index (Phi) is 4.20. The zero-order valence-corrected chi connectivity index (χ0v) is 12.7. The van der Waals surface area contributed by atoms with Crippen LogP contribution in [-0.4, -0.2) is 18.6 Å². The van der Waals surface area contributed by atoms with Crippen molar-refractivity contribution in [3.05, 3.63) is 58.9 Å². The van der Waals surface area contributed by atoms with E-state index in [-0.39, 0.29) is 6.04 Å². The topological polar surface area (TPSA) is 34.1 Å². The lowest BCUT2D eigenvalue weighted by molar-refractivity contribution is 0.338. The predicted molar refractivity (Wildman–Crippen MR) is 84.8 cm³/mol. The lowest BCUT2D eigenvalue weighted by Gasteiger charge is -2.18. The molecule has 1 aromatic carbocycles. The zero-order chi connectivity index (χ0) is 14.7. The van der Waals surface area contributed by atoms with Crippen LogP contribution in [0.3, 0.4) is 0 Å². The highest BCUT2D eigenvalue weighted by atomic mass is 16.5. The number of nitrogens with zero attached hydrogens (tertiary/aromatic N) is 1. The summed E-state index contributed by atoms with van der Waals surface area (Å²) in [6, 6.07) is 9.09. The van der Waals surface area contributed by atoms with Gasteiger partial charge in [-0.25, -0.2) is 0 Å². The number of benzene rings is 1. The number of rotatable bonds is 5. The minimum Gasteiger partial charge on any atom is -0.492 e. The summed E-state index contributed by atoms with van der Waals surface area (Å²) >= 11 is 0. The first-order valence-electron chi connectivity index (χ1n) is 7.68. The SMILES string of the molecule is CCOc1cncc(C(NC)c2ccc3c(c2)CCC3)c1. The summed E-state index contributed by atoms with van der Waals surface area (Å²) in [4.78, 5) is 4.31. The maximum Gasteiger partial charge on any atom is 0.137 e. The monoisotopic (exact) mass is 282 g/mol. The number of aryl methyl sites for hydroxylation is 2. The molecule has 1 aromatic heterocycles. The molecule has 0 saturated heterocycles. The lowest BCUT2D eigenvalue weighted by atomic mass is 9.96. The largest absolute Gasteiger partial charge is 0.492 e. The molecule has 3 rings (SSSR count). The first-order chi connectivity index (χ1) is 10.3. The van der Waals surface area contributed by atoms with Crippen LogP contribution in [-0.2, 0) is 12.8 Å². The molecule has 21 heavy (non-hydrogen) atoms. The third kappa shape index (κ3) is 2.93. The van der Waals surface area contributed by atoms with Gasteiger partial charge in [-0.1, -0.05) is 18.2 Å². The van der Waals surface area contributed by atoms with Crippen molar-refractivity contribution in [2.24, 2.45) is 0 Å². The van der Waals surface area contributed by atoms with E-state index >= 15 is 0 Å². The first kappa shape index (κ1) is 14.1. The summed E-state index contributed by atoms with van der Waals surface area (Å²) in [5, 5.41) is 3.40. The van der Waals surface area contributed by atoms with Crippen LogP contribution in [0.25, 0.3) is 0 Å². The van der Waals surface area contributed by atoms with E-state index < -0.39 is 0 Å². The third-order valence-corrected chi connectivity index (χ3v) is 4.12. The van der Waals surface area contributed by atoms with E-state index in [2.05, 4.69) is 34.6 Å². The second-order valence-electron chi connectivity index (χ2n) is 5.49. The molecule has 3 heteroatoms. The summed E-state index contributed by atoms with van der Waals surface area (Å²) in [5.41, 5.74) is 5.45. The first-order valence-corrected chi connectivity index (χ1v) is 7.68. The highest BCUT2D eigenvalue weighted by Crippen LogP contribution is 2.29. The number of nitrogens with one attached hydrogen (secondary N) is 1. The van der Waals surface area contributed by atoms with E-state index in [9.17, 15) is 0 Å². The number of ether oxygens (including phenoxy) is 1. The smallest absolute Gasteiger partial charge is 0.137 e. The summed E-state index contributed by atoms with van der Waals surface area (Å²) in [6.07, 6.45) is 7.39. The van der Waals surface area contributed by atoms with Crippen molar-refractivity contribution >= 4 is 0 Å². The molecule has 1 aliphatic carbocycles. The average Bonchev–Trinajstić information content (AvgIpc) is 2.96. The van der Waals surface area contributed by atoms with Crippen LogP contribution in [0.1, 0.15) is 41.6 Å². The van der Waals surface area contributed by atoms with Gasteiger partial charge in [0.2, 0.25) is 0 Å². The maximum atomic E-state index is 5.56. The van der Waals surface area contributed by atoms with Gasteiger partial charge in [-0.05, 0) is 61.6 Å². The Bertz CT molecular complexity index is 624. The third-order valence-electron chi connectivity index (χ3n) is 4.12. The van der Waals surface area contributed by atoms with Gasteiger partial charge >= 0.3 is 0 Å². The van der Waals surface area contributed by atoms with Gasteiger partial charge in [0.1, 0.15) is 5.75 Å². The molecule has 0 aliphatic heterocycles. The van der Waals surface area contributed by atoms with Crippen molar-refractivity contribution in [3.8, 4) is 5.75 Å². The molecule has 2 aromatic rings. The second-order valence-corrected chi connectivity index (χ2v) is 5.49. The molecule has 0 spiro atoms. The van der Waals surface area contributed by atoms with Crippen LogP contribution in [0.15, 0.2) is 36.7 Å². The highest BCUT2D eigenvalue weighted by molar-refractivity contribution is 5.40. The molecular weight excluding hydrogens is 260 g/mol. The Morgan fingerprint density at radius 1 is 1.14 bits per heavy atom. The molecule has 1 unspecified atom stereocenters. The fraction of sp³-hybridized carbons (Fsp3) is 0.389. The quantitative estimate of drug-likeness (QED) is 0.914. The van der Waals surface area contributed by atoms with E-state index in [4.69, 9.17) is 4.74 Å². The number of fused-ring (bicyclic) bond motifs is 1. The molecule has 1 atom stereocenters. The standard InChI is InChI=1S/C18H22N2O/c1-3-21-17-10-16(11-20-12-17)18(19-2)15-8-7-13-5-4-6-14(13)9-15/h7-12,18-19H,3-6H2,1-2H3. The van der Waals surface area contributed by atoms with Gasteiger partial charge in [0.25, 0.3) is 0 Å². The van der Waals surface area contributed by atoms with E-state index in [1.54, 1.807) is 6.20 Å². The van der Waals surface area contributed by atoms with Gasteiger partial charge in [0.15, 0.2) is 0 Å². The number of pyridine rings is 1. The molecule has 3 nitrogen and oxygen atoms in total. The van der Waals surface area contributed by atoms with Crippen molar-refractivity contribution in [2.45, 2.75) is 32.2 Å². The van der Waals surface area contributed by atoms with Crippen LogP contribution < -0.4 is 10.1 Å². The molecule has 110 valence electrons. The molecule has 0 saturated carbocycles. The van der Waals surface area contributed by atoms with Gasteiger partial charge in [-0.15, -0.1) is 0 Å². The fourth-order valence-electron chi connectivity index (χ4n) is 3.14. The minimum absolute atomic E-state index is 0.156. The fourth-order valence-corrected chi connectivity index (χ4v) is 3.14. The summed E-state index contributed by atoms with van der Waals surface area (Å²) in [7, 11) is 1.99. The van der Waals surface area contributed by atoms with E-state index in [0.29, 0.717) is 6.61 Å². The number of aromatic nitrogens is 1. The summed E-state index contributed by atoms with van der Waals surface area (Å²) in [6.45, 7) is 2.65. The van der Waals surface area contributed by atoms with Crippen LogP contribution >= 0.6 is 0 Å². The van der Waals surface area contributed by atoms with Crippen LogP contribution in [0, 0.1) is 0 Å². The second kappa shape index (κ2) is 6.27. The Morgan fingerprint density at radius 2 is 2.00 bits per heavy atom. The van der Waals surface area contributed by atoms with Gasteiger partial charge in [-0.3, -0.25) is 4.98 Å². The van der Waals surface area contributed by atoms with Gasteiger partial charge in [0.05, 0.1) is 18.8 Å². The Morgan fingerprint density at radius 3 is 2.81 bits per heavy atom. The summed E-state index contributed by atoms with van der Waals surface area (Å²) < 4.78 is 5.56. The molecule has 1 aliphatic rings. The van der Waals surface area contributed by atoms with Crippen LogP contribution in [0.2, 0.25) is 0 Å². The van der Waals surface area contributed by atoms with Crippen molar-refractivity contribution < 1.29 is 4.74 Å². The number of hydrogen-bond donors (Lipinski definition) is 1. The highest BCUT2D eigenvalue weighted by Gasteiger charge is 2.17. The van der Waals surface area contributed by atoms with E-state index in [0.717, 1.165) is 11.3 Å².